The van der Waals surface area contributed by atoms with Crippen LogP contribution in [0.1, 0.15) is 31.2 Å². The number of rotatable bonds is 4. The first kappa shape index (κ1) is 11.1. The maximum Gasteiger partial charge on any atom is 0.222 e. The second-order valence-corrected chi connectivity index (χ2v) is 4.53. The zero-order valence-electron chi connectivity index (χ0n) is 9.28. The van der Waals surface area contributed by atoms with Crippen molar-refractivity contribution in [2.75, 3.05) is 0 Å². The number of hydrogen-bond acceptors (Lipinski definition) is 3. The molecular formula is C12H17N3O. The van der Waals surface area contributed by atoms with E-state index in [-0.39, 0.29) is 11.4 Å². The summed E-state index contributed by atoms with van der Waals surface area (Å²) in [6.07, 6.45) is 6.98. The third-order valence-electron chi connectivity index (χ3n) is 3.07. The van der Waals surface area contributed by atoms with Gasteiger partial charge in [0.15, 0.2) is 0 Å². The van der Waals surface area contributed by atoms with E-state index in [9.17, 15) is 4.79 Å². The van der Waals surface area contributed by atoms with E-state index in [2.05, 4.69) is 10.3 Å². The van der Waals surface area contributed by atoms with Crippen molar-refractivity contribution in [1.82, 2.24) is 10.3 Å². The lowest BCUT2D eigenvalue weighted by atomic mass is 9.75. The smallest absolute Gasteiger partial charge is 0.222 e. The summed E-state index contributed by atoms with van der Waals surface area (Å²) < 4.78 is 0. The van der Waals surface area contributed by atoms with Crippen LogP contribution in [0.3, 0.4) is 0 Å². The number of nitrogens with zero attached hydrogens (tertiary/aromatic N) is 1. The van der Waals surface area contributed by atoms with E-state index in [0.717, 1.165) is 24.8 Å². The molecule has 0 atom stereocenters. The van der Waals surface area contributed by atoms with Gasteiger partial charge in [-0.2, -0.15) is 0 Å². The van der Waals surface area contributed by atoms with Gasteiger partial charge in [0.25, 0.3) is 0 Å². The molecule has 1 heterocycles. The first-order chi connectivity index (χ1) is 7.68. The zero-order chi connectivity index (χ0) is 11.4. The van der Waals surface area contributed by atoms with Gasteiger partial charge in [-0.15, -0.1) is 0 Å². The lowest BCUT2D eigenvalue weighted by molar-refractivity contribution is -0.123. The van der Waals surface area contributed by atoms with E-state index in [1.54, 1.807) is 12.4 Å². The Morgan fingerprint density at radius 1 is 1.56 bits per heavy atom. The first-order valence-corrected chi connectivity index (χ1v) is 5.62. The van der Waals surface area contributed by atoms with Gasteiger partial charge in [-0.25, -0.2) is 0 Å². The number of amides is 1. The molecule has 3 N–H and O–H groups in total. The summed E-state index contributed by atoms with van der Waals surface area (Å²) in [5.41, 5.74) is 6.77. The molecule has 0 saturated heterocycles. The molecule has 0 aromatic carbocycles. The molecule has 86 valence electrons. The minimum absolute atomic E-state index is 0.0334. The largest absolute Gasteiger partial charge is 0.352 e. The molecule has 1 aliphatic carbocycles. The first-order valence-electron chi connectivity index (χ1n) is 5.62. The quantitative estimate of drug-likeness (QED) is 0.792. The van der Waals surface area contributed by atoms with Gasteiger partial charge in [-0.05, 0) is 30.9 Å². The molecule has 0 radical (unpaired) electrons. The van der Waals surface area contributed by atoms with E-state index in [4.69, 9.17) is 5.73 Å². The van der Waals surface area contributed by atoms with Crippen LogP contribution < -0.4 is 11.1 Å². The second-order valence-electron chi connectivity index (χ2n) is 4.53. The molecule has 1 amide bonds. The third-order valence-corrected chi connectivity index (χ3v) is 3.07. The van der Waals surface area contributed by atoms with Gasteiger partial charge in [-0.1, -0.05) is 6.07 Å². The van der Waals surface area contributed by atoms with Crippen LogP contribution in [-0.2, 0) is 11.3 Å². The Bertz CT molecular complexity index is 360. The summed E-state index contributed by atoms with van der Waals surface area (Å²) >= 11 is 0. The molecule has 0 aliphatic heterocycles. The van der Waals surface area contributed by atoms with Gasteiger partial charge < -0.3 is 11.1 Å². The molecule has 16 heavy (non-hydrogen) atoms. The molecule has 1 aromatic heterocycles. The lowest BCUT2D eigenvalue weighted by Crippen LogP contribution is -2.49. The van der Waals surface area contributed by atoms with E-state index in [0.29, 0.717) is 13.0 Å². The summed E-state index contributed by atoms with van der Waals surface area (Å²) in [7, 11) is 0. The highest BCUT2D eigenvalue weighted by atomic mass is 16.1. The SMILES string of the molecule is NC1(CC(=O)NCc2cccnc2)CCC1. The number of aromatic nitrogens is 1. The maximum absolute atomic E-state index is 11.6. The van der Waals surface area contributed by atoms with Crippen molar-refractivity contribution in [3.8, 4) is 0 Å². The Labute approximate surface area is 95.3 Å². The Morgan fingerprint density at radius 3 is 2.94 bits per heavy atom. The average Bonchev–Trinajstić information content (AvgIpc) is 2.26. The molecule has 2 rings (SSSR count). The van der Waals surface area contributed by atoms with E-state index in [1.807, 2.05) is 12.1 Å². The van der Waals surface area contributed by atoms with E-state index >= 15 is 0 Å². The third kappa shape index (κ3) is 2.79. The Hall–Kier alpha value is -1.42. The highest BCUT2D eigenvalue weighted by Gasteiger charge is 2.34. The van der Waals surface area contributed by atoms with Crippen LogP contribution in [0, 0.1) is 0 Å². The van der Waals surface area contributed by atoms with E-state index < -0.39 is 0 Å². The van der Waals surface area contributed by atoms with Crippen LogP contribution in [0.25, 0.3) is 0 Å². The van der Waals surface area contributed by atoms with Crippen LogP contribution >= 0.6 is 0 Å². The number of hydrogen-bond donors (Lipinski definition) is 2. The van der Waals surface area contributed by atoms with Crippen LogP contribution in [-0.4, -0.2) is 16.4 Å². The summed E-state index contributed by atoms with van der Waals surface area (Å²) in [4.78, 5) is 15.6. The number of carbonyl (C=O) groups is 1. The van der Waals surface area contributed by atoms with Gasteiger partial charge in [0.2, 0.25) is 5.91 Å². The predicted molar refractivity (Wildman–Crippen MR) is 61.5 cm³/mol. The monoisotopic (exact) mass is 219 g/mol. The Balaban J connectivity index is 1.76. The van der Waals surface area contributed by atoms with Crippen molar-refractivity contribution < 1.29 is 4.79 Å². The molecule has 0 unspecified atom stereocenters. The number of pyridine rings is 1. The topological polar surface area (TPSA) is 68.0 Å². The summed E-state index contributed by atoms with van der Waals surface area (Å²) in [6, 6.07) is 3.80. The summed E-state index contributed by atoms with van der Waals surface area (Å²) in [6.45, 7) is 0.531. The molecule has 0 spiro atoms. The Kier molecular flexibility index (Phi) is 3.19. The van der Waals surface area contributed by atoms with Crippen molar-refractivity contribution in [3.05, 3.63) is 30.1 Å². The van der Waals surface area contributed by atoms with Crippen molar-refractivity contribution in [2.24, 2.45) is 5.73 Å². The van der Waals surface area contributed by atoms with Gasteiger partial charge in [0.1, 0.15) is 0 Å². The molecule has 1 aliphatic rings. The highest BCUT2D eigenvalue weighted by molar-refractivity contribution is 5.77. The minimum Gasteiger partial charge on any atom is -0.352 e. The standard InChI is InChI=1S/C12H17N3O/c13-12(4-2-5-12)7-11(16)15-9-10-3-1-6-14-8-10/h1,3,6,8H,2,4-5,7,9,13H2,(H,15,16). The number of nitrogens with one attached hydrogen (secondary N) is 1. The van der Waals surface area contributed by atoms with Crippen LogP contribution in [0.4, 0.5) is 0 Å². The van der Waals surface area contributed by atoms with Crippen LogP contribution in [0.5, 0.6) is 0 Å². The molecule has 1 aromatic rings. The summed E-state index contributed by atoms with van der Waals surface area (Å²) in [5.74, 6) is 0.0334. The molecular weight excluding hydrogens is 202 g/mol. The Morgan fingerprint density at radius 2 is 2.38 bits per heavy atom. The highest BCUT2D eigenvalue weighted by Crippen LogP contribution is 2.31. The van der Waals surface area contributed by atoms with Crippen molar-refractivity contribution >= 4 is 5.91 Å². The van der Waals surface area contributed by atoms with Gasteiger partial charge in [-0.3, -0.25) is 9.78 Å². The van der Waals surface area contributed by atoms with Gasteiger partial charge >= 0.3 is 0 Å². The normalized spacial score (nSPS) is 17.6. The number of nitrogens with two attached hydrogens (primary N) is 1. The fraction of sp³-hybridized carbons (Fsp3) is 0.500. The zero-order valence-corrected chi connectivity index (χ0v) is 9.28. The van der Waals surface area contributed by atoms with Gasteiger partial charge in [0.05, 0.1) is 0 Å². The van der Waals surface area contributed by atoms with Crippen molar-refractivity contribution in [1.29, 1.82) is 0 Å². The molecule has 1 fully saturated rings. The average molecular weight is 219 g/mol. The lowest BCUT2D eigenvalue weighted by Gasteiger charge is -2.37. The van der Waals surface area contributed by atoms with Crippen molar-refractivity contribution in [2.45, 2.75) is 37.8 Å². The fourth-order valence-corrected chi connectivity index (χ4v) is 1.89. The van der Waals surface area contributed by atoms with Crippen LogP contribution in [0.15, 0.2) is 24.5 Å². The van der Waals surface area contributed by atoms with Crippen LogP contribution in [0.2, 0.25) is 0 Å². The second kappa shape index (κ2) is 4.61. The molecule has 0 bridgehead atoms. The maximum atomic E-state index is 11.6. The molecule has 4 nitrogen and oxygen atoms in total. The molecule has 1 saturated carbocycles. The molecule has 4 heteroatoms. The number of carbonyl (C=O) groups excluding carboxylic acids is 1. The van der Waals surface area contributed by atoms with Gasteiger partial charge in [0, 0.05) is 30.9 Å². The minimum atomic E-state index is -0.237. The predicted octanol–water partition coefficient (Wildman–Crippen LogP) is 0.969. The van der Waals surface area contributed by atoms with E-state index in [1.165, 1.54) is 0 Å². The van der Waals surface area contributed by atoms with Crippen molar-refractivity contribution in [3.63, 3.8) is 0 Å². The fourth-order valence-electron chi connectivity index (χ4n) is 1.89. The summed E-state index contributed by atoms with van der Waals surface area (Å²) in [5, 5.41) is 2.86.